The number of hydrogen-bond acceptors (Lipinski definition) is 4. The molecule has 5 heterocycles. The monoisotopic (exact) mass is 1000 g/mol. The maximum absolute atomic E-state index is 7.70. The maximum atomic E-state index is 7.70. The number of hydrogen-bond donors (Lipinski definition) is 0. The van der Waals surface area contributed by atoms with Crippen LogP contribution in [0.1, 0.15) is 79.0 Å². The van der Waals surface area contributed by atoms with Crippen LogP contribution in [0.25, 0.3) is 70.2 Å². The largest absolute Gasteiger partial charge is 0.456 e. The van der Waals surface area contributed by atoms with Crippen LogP contribution in [-0.4, -0.2) is 11.3 Å². The Morgan fingerprint density at radius 2 is 0.934 bits per heavy atom. The molecule has 0 bridgehead atoms. The Balaban J connectivity index is 1.18. The van der Waals surface area contributed by atoms with Gasteiger partial charge in [-0.1, -0.05) is 190 Å². The summed E-state index contributed by atoms with van der Waals surface area (Å²) in [5, 5.41) is 4.92. The summed E-state index contributed by atoms with van der Waals surface area (Å²) in [6.07, 6.45) is 0. The van der Waals surface area contributed by atoms with Crippen LogP contribution in [0.3, 0.4) is 0 Å². The zero-order valence-corrected chi connectivity index (χ0v) is 45.6. The molecular weight excluding hydrogens is 942 g/mol. The van der Waals surface area contributed by atoms with E-state index in [1.807, 2.05) is 11.3 Å². The van der Waals surface area contributed by atoms with E-state index in [2.05, 4.69) is 277 Å². The summed E-state index contributed by atoms with van der Waals surface area (Å²) in [6, 6.07) is 75.1. The zero-order chi connectivity index (χ0) is 52.0. The second kappa shape index (κ2) is 16.7. The van der Waals surface area contributed by atoms with Crippen LogP contribution in [0.2, 0.25) is 0 Å². The Hall–Kier alpha value is -8.06. The lowest BCUT2D eigenvalue weighted by atomic mass is 9.34. The first-order valence-corrected chi connectivity index (χ1v) is 27.7. The van der Waals surface area contributed by atoms with Gasteiger partial charge < -0.3 is 18.8 Å². The van der Waals surface area contributed by atoms with Crippen molar-refractivity contribution in [2.24, 2.45) is 0 Å². The average Bonchev–Trinajstić information content (AvgIpc) is 4.31. The lowest BCUT2D eigenvalue weighted by Crippen LogP contribution is -2.63. The number of rotatable bonds is 5. The molecule has 0 aliphatic carbocycles. The van der Waals surface area contributed by atoms with Gasteiger partial charge in [0.1, 0.15) is 11.3 Å². The van der Waals surface area contributed by atoms with Gasteiger partial charge in [0.25, 0.3) is 6.71 Å². The summed E-state index contributed by atoms with van der Waals surface area (Å²) in [6.45, 7) is 20.4. The van der Waals surface area contributed by atoms with Gasteiger partial charge in [-0.15, -0.1) is 11.3 Å². The number of furan rings is 1. The number of benzene rings is 9. The Kier molecular flexibility index (Phi) is 10.2. The zero-order valence-electron chi connectivity index (χ0n) is 44.8. The van der Waals surface area contributed by atoms with Gasteiger partial charge in [0.05, 0.1) is 11.2 Å². The summed E-state index contributed by atoms with van der Waals surface area (Å²) >= 11 is 1.91. The number of anilines is 6. The van der Waals surface area contributed by atoms with Gasteiger partial charge in [-0.3, -0.25) is 0 Å². The van der Waals surface area contributed by atoms with Crippen molar-refractivity contribution in [1.82, 2.24) is 4.57 Å². The van der Waals surface area contributed by atoms with E-state index in [0.717, 1.165) is 73.0 Å². The highest BCUT2D eigenvalue weighted by molar-refractivity contribution is 7.26. The Morgan fingerprint density at radius 3 is 1.54 bits per heavy atom. The van der Waals surface area contributed by atoms with E-state index in [-0.39, 0.29) is 23.0 Å². The van der Waals surface area contributed by atoms with Gasteiger partial charge in [-0.05, 0) is 122 Å². The number of nitrogens with zero attached hydrogens (tertiary/aromatic N) is 3. The minimum absolute atomic E-state index is 0.00484. The highest BCUT2D eigenvalue weighted by Crippen LogP contribution is 2.52. The van der Waals surface area contributed by atoms with E-state index in [1.165, 1.54) is 64.5 Å². The normalized spacial score (nSPS) is 13.5. The van der Waals surface area contributed by atoms with Gasteiger partial charge in [0, 0.05) is 81.8 Å². The van der Waals surface area contributed by atoms with E-state index in [0.29, 0.717) is 0 Å². The molecule has 6 heteroatoms. The number of thiophene rings is 1. The first-order chi connectivity index (χ1) is 36.6. The molecule has 2 aliphatic heterocycles. The third-order valence-electron chi connectivity index (χ3n) is 16.3. The second-order valence-electron chi connectivity index (χ2n) is 24.1. The molecule has 9 aromatic carbocycles. The van der Waals surface area contributed by atoms with Gasteiger partial charge >= 0.3 is 0 Å². The van der Waals surface area contributed by atoms with E-state index in [9.17, 15) is 0 Å². The molecule has 4 nitrogen and oxygen atoms in total. The average molecular weight is 1000 g/mol. The van der Waals surface area contributed by atoms with E-state index >= 15 is 0 Å². The van der Waals surface area contributed by atoms with Crippen molar-refractivity contribution in [2.75, 3.05) is 9.80 Å². The van der Waals surface area contributed by atoms with E-state index < -0.39 is 0 Å². The van der Waals surface area contributed by atoms with Gasteiger partial charge in [-0.2, -0.15) is 0 Å². The maximum Gasteiger partial charge on any atom is 0.278 e. The van der Waals surface area contributed by atoms with Crippen LogP contribution in [-0.2, 0) is 16.2 Å². The number of aromatic nitrogens is 1. The van der Waals surface area contributed by atoms with E-state index in [4.69, 9.17) is 4.42 Å². The highest BCUT2D eigenvalue weighted by Gasteiger charge is 2.49. The third-order valence-corrected chi connectivity index (χ3v) is 17.5. The SMILES string of the molecule is CC(C)(C)c1ccc(N2c3cccc4c3B(c3c2ccc2c(-c5ccccc5)c(-c5ccccc5)oc32)c2c(c3c5sc6ccccc6c5ccc3n2-c2ccc(C(C)(C)C)cc2)N4c2ccc(C(C)(C)C)cc2)cc1. The summed E-state index contributed by atoms with van der Waals surface area (Å²) < 4.78 is 12.9. The van der Waals surface area contributed by atoms with Crippen molar-refractivity contribution >= 4 is 111 Å². The van der Waals surface area contributed by atoms with Crippen LogP contribution in [0.5, 0.6) is 0 Å². The summed E-state index contributed by atoms with van der Waals surface area (Å²) in [5.74, 6) is 0.872. The molecular formula is C70H60BN3OS. The smallest absolute Gasteiger partial charge is 0.278 e. The molecule has 0 unspecified atom stereocenters. The fraction of sp³-hybridized carbons (Fsp3) is 0.171. The molecule has 0 saturated heterocycles. The highest BCUT2D eigenvalue weighted by atomic mass is 32.1. The molecule has 370 valence electrons. The molecule has 0 saturated carbocycles. The standard InChI is InChI=1S/C70H60BN3OS/c1-68(2,3)45-27-33-48(34-28-45)72-55-24-18-25-56-61(55)71(62-57(72)42-40-53-59(43-19-12-10-13-20-43)64(75-65(53)62)44-21-14-11-15-22-44)67-63(73(56)49-35-29-46(30-36-49)69(4,5)6)60-54(74(67)50-37-31-47(32-38-50)70(7,8)9)41-39-52-51-23-16-17-26-58(51)76-66(52)60/h10-42H,1-9H3. The fourth-order valence-corrected chi connectivity index (χ4v) is 13.7. The van der Waals surface area contributed by atoms with Crippen molar-refractivity contribution in [3.05, 3.63) is 217 Å². The van der Waals surface area contributed by atoms with Gasteiger partial charge in [0.15, 0.2) is 0 Å². The van der Waals surface area contributed by atoms with Crippen LogP contribution in [0.15, 0.2) is 205 Å². The molecule has 0 N–H and O–H groups in total. The molecule has 0 spiro atoms. The Bertz CT molecular complexity index is 4260. The lowest BCUT2D eigenvalue weighted by molar-refractivity contribution is 0.590. The summed E-state index contributed by atoms with van der Waals surface area (Å²) in [5.41, 5.74) is 20.9. The quantitative estimate of drug-likeness (QED) is 0.161. The van der Waals surface area contributed by atoms with Crippen LogP contribution in [0.4, 0.5) is 34.1 Å². The molecule has 14 rings (SSSR count). The summed E-state index contributed by atoms with van der Waals surface area (Å²) in [4.78, 5) is 5.13. The van der Waals surface area contributed by atoms with Crippen LogP contribution in [0, 0.1) is 0 Å². The predicted molar refractivity (Wildman–Crippen MR) is 327 cm³/mol. The van der Waals surface area contributed by atoms with Crippen molar-refractivity contribution in [1.29, 1.82) is 0 Å². The molecule has 0 radical (unpaired) electrons. The molecule has 0 atom stereocenters. The topological polar surface area (TPSA) is 24.6 Å². The molecule has 76 heavy (non-hydrogen) atoms. The summed E-state index contributed by atoms with van der Waals surface area (Å²) in [7, 11) is 0. The van der Waals surface area contributed by atoms with Crippen molar-refractivity contribution in [3.8, 4) is 28.1 Å². The molecule has 0 amide bonds. The van der Waals surface area contributed by atoms with Crippen LogP contribution >= 0.6 is 11.3 Å². The molecule has 12 aromatic rings. The molecule has 2 aliphatic rings. The minimum atomic E-state index is -0.271. The first-order valence-electron chi connectivity index (χ1n) is 26.9. The van der Waals surface area contributed by atoms with E-state index in [1.54, 1.807) is 0 Å². The van der Waals surface area contributed by atoms with Crippen molar-refractivity contribution < 1.29 is 4.42 Å². The predicted octanol–water partition coefficient (Wildman–Crippen LogP) is 18.1. The fourth-order valence-electron chi connectivity index (χ4n) is 12.4. The minimum Gasteiger partial charge on any atom is -0.456 e. The lowest BCUT2D eigenvalue weighted by Gasteiger charge is -2.43. The first kappa shape index (κ1) is 46.5. The van der Waals surface area contributed by atoms with Crippen molar-refractivity contribution in [2.45, 2.75) is 78.6 Å². The van der Waals surface area contributed by atoms with Gasteiger partial charge in [0.2, 0.25) is 0 Å². The van der Waals surface area contributed by atoms with Crippen LogP contribution < -0.4 is 26.3 Å². The Morgan fingerprint density at radius 1 is 0.421 bits per heavy atom. The Labute approximate surface area is 450 Å². The third kappa shape index (κ3) is 7.03. The molecule has 0 fully saturated rings. The second-order valence-corrected chi connectivity index (χ2v) is 25.2. The van der Waals surface area contributed by atoms with Crippen molar-refractivity contribution in [3.63, 3.8) is 0 Å². The number of fused-ring (bicyclic) bond motifs is 12. The van der Waals surface area contributed by atoms with Gasteiger partial charge in [-0.25, -0.2) is 0 Å². The molecule has 3 aromatic heterocycles.